The standard InChI is InChI=1S/C2H2O5.Mn/c3-1(4)7-2(5)6;/h(H,3,4)(H,5,6);/q;+2/p-2. The number of hydrogen-bond donors (Lipinski definition) is 0. The maximum absolute atomic E-state index is 9.06. The van der Waals surface area contributed by atoms with E-state index in [0.717, 1.165) is 0 Å². The largest absolute Gasteiger partial charge is 2.00 e. The van der Waals surface area contributed by atoms with Gasteiger partial charge in [-0.2, -0.15) is 0 Å². The molecule has 0 aromatic heterocycles. The van der Waals surface area contributed by atoms with Crippen LogP contribution in [0.1, 0.15) is 0 Å². The summed E-state index contributed by atoms with van der Waals surface area (Å²) in [4.78, 5) is 18.1. The van der Waals surface area contributed by atoms with E-state index in [9.17, 15) is 0 Å². The molecule has 0 N–H and O–H groups in total. The molecule has 0 unspecified atom stereocenters. The molecule has 1 radical (unpaired) electrons. The van der Waals surface area contributed by atoms with Crippen LogP contribution in [-0.4, -0.2) is 12.3 Å². The summed E-state index contributed by atoms with van der Waals surface area (Å²) in [6.45, 7) is 0. The summed E-state index contributed by atoms with van der Waals surface area (Å²) in [5.74, 6) is 0. The Kier molecular flexibility index (Phi) is 5.68. The van der Waals surface area contributed by atoms with Gasteiger partial charge in [-0.3, -0.25) is 0 Å². The van der Waals surface area contributed by atoms with Crippen LogP contribution < -0.4 is 10.2 Å². The summed E-state index contributed by atoms with van der Waals surface area (Å²) in [5, 5.41) is 18.1. The minimum Gasteiger partial charge on any atom is -0.483 e. The average Bonchev–Trinajstić information content (AvgIpc) is 1.27. The van der Waals surface area contributed by atoms with E-state index in [1.165, 1.54) is 0 Å². The fourth-order valence-electron chi connectivity index (χ4n) is 0.0680. The SMILES string of the molecule is O=C([O-])OC(=O)[O-].[Mn+2]. The molecule has 0 saturated heterocycles. The Bertz CT molecular complexity index is 86.6. The third-order valence-electron chi connectivity index (χ3n) is 0.167. The fourth-order valence-corrected chi connectivity index (χ4v) is 0.0680. The third-order valence-corrected chi connectivity index (χ3v) is 0.167. The zero-order valence-electron chi connectivity index (χ0n) is 3.42. The maximum Gasteiger partial charge on any atom is 2.00 e. The first-order chi connectivity index (χ1) is 3.13. The van der Waals surface area contributed by atoms with Crippen molar-refractivity contribution in [3.63, 3.8) is 0 Å². The van der Waals surface area contributed by atoms with Crippen LogP contribution in [0.4, 0.5) is 9.59 Å². The van der Waals surface area contributed by atoms with Crippen LogP contribution in [-0.2, 0) is 21.8 Å². The molecule has 6 heteroatoms. The molecule has 8 heavy (non-hydrogen) atoms. The van der Waals surface area contributed by atoms with Gasteiger partial charge in [0.2, 0.25) is 0 Å². The number of carbonyl (C=O) groups excluding carboxylic acids is 2. The Labute approximate surface area is 54.7 Å². The molecule has 0 spiro atoms. The van der Waals surface area contributed by atoms with Gasteiger partial charge >= 0.3 is 17.1 Å². The van der Waals surface area contributed by atoms with Gasteiger partial charge in [0.1, 0.15) is 0 Å². The van der Waals surface area contributed by atoms with Crippen LogP contribution in [0.3, 0.4) is 0 Å². The molecule has 0 saturated carbocycles. The molecule has 45 valence electrons. The minimum atomic E-state index is -2.12. The fraction of sp³-hybridized carbons (Fsp3) is 0. The number of rotatable bonds is 0. The number of carboxylic acid groups (broad SMARTS) is 2. The van der Waals surface area contributed by atoms with Crippen LogP contribution >= 0.6 is 0 Å². The van der Waals surface area contributed by atoms with Gasteiger partial charge < -0.3 is 24.5 Å². The van der Waals surface area contributed by atoms with Crippen molar-refractivity contribution in [3.05, 3.63) is 0 Å². The zero-order valence-corrected chi connectivity index (χ0v) is 4.60. The normalized spacial score (nSPS) is 6.50. The number of carbonyl (C=O) groups is 2. The molecule has 0 rings (SSSR count). The minimum absolute atomic E-state index is 0. The van der Waals surface area contributed by atoms with Gasteiger partial charge in [0.25, 0.3) is 12.3 Å². The van der Waals surface area contributed by atoms with Crippen molar-refractivity contribution in [1.29, 1.82) is 0 Å². The molecule has 0 aliphatic heterocycles. The van der Waals surface area contributed by atoms with Crippen molar-refractivity contribution in [1.82, 2.24) is 0 Å². The van der Waals surface area contributed by atoms with E-state index in [0.29, 0.717) is 0 Å². The first-order valence-corrected chi connectivity index (χ1v) is 1.22. The molecule has 0 bridgehead atoms. The molecule has 0 amide bonds. The molecule has 0 atom stereocenters. The Morgan fingerprint density at radius 1 is 1.12 bits per heavy atom. The molecule has 0 aliphatic rings. The zero-order chi connectivity index (χ0) is 5.86. The molecule has 5 nitrogen and oxygen atoms in total. The molecule has 0 heterocycles. The van der Waals surface area contributed by atoms with E-state index in [2.05, 4.69) is 4.74 Å². The van der Waals surface area contributed by atoms with Gasteiger partial charge in [0, 0.05) is 0 Å². The molecule has 0 fully saturated rings. The Morgan fingerprint density at radius 3 is 1.38 bits per heavy atom. The van der Waals surface area contributed by atoms with E-state index < -0.39 is 12.3 Å². The van der Waals surface area contributed by atoms with Crippen LogP contribution in [0.2, 0.25) is 0 Å². The summed E-state index contributed by atoms with van der Waals surface area (Å²) in [6, 6.07) is 0. The van der Waals surface area contributed by atoms with Crippen LogP contribution in [0, 0.1) is 0 Å². The number of ether oxygens (including phenoxy) is 1. The van der Waals surface area contributed by atoms with E-state index in [1.807, 2.05) is 0 Å². The Hall–Kier alpha value is -0.741. The van der Waals surface area contributed by atoms with Crippen LogP contribution in [0.5, 0.6) is 0 Å². The predicted molar refractivity (Wildman–Crippen MR) is 11.9 cm³/mol. The second-order valence-corrected chi connectivity index (χ2v) is 0.602. The van der Waals surface area contributed by atoms with Crippen molar-refractivity contribution in [2.75, 3.05) is 0 Å². The summed E-state index contributed by atoms with van der Waals surface area (Å²) in [5.41, 5.74) is 0. The molecular weight excluding hydrogens is 159 g/mol. The van der Waals surface area contributed by atoms with Gasteiger partial charge in [-0.25, -0.2) is 0 Å². The first kappa shape index (κ1) is 10.3. The predicted octanol–water partition coefficient (Wildman–Crippen LogP) is -2.31. The molecule has 0 aliphatic carbocycles. The maximum atomic E-state index is 9.06. The average molecular weight is 159 g/mol. The van der Waals surface area contributed by atoms with Crippen molar-refractivity contribution in [3.8, 4) is 0 Å². The van der Waals surface area contributed by atoms with Crippen molar-refractivity contribution < 1.29 is 41.6 Å². The first-order valence-electron chi connectivity index (χ1n) is 1.22. The van der Waals surface area contributed by atoms with Gasteiger partial charge in [-0.1, -0.05) is 0 Å². The quantitative estimate of drug-likeness (QED) is 0.225. The van der Waals surface area contributed by atoms with Gasteiger partial charge in [0.05, 0.1) is 0 Å². The van der Waals surface area contributed by atoms with Gasteiger partial charge in [-0.05, 0) is 0 Å². The van der Waals surface area contributed by atoms with E-state index in [4.69, 9.17) is 19.8 Å². The van der Waals surface area contributed by atoms with Crippen molar-refractivity contribution >= 4 is 12.3 Å². The smallest absolute Gasteiger partial charge is 0.483 e. The summed E-state index contributed by atoms with van der Waals surface area (Å²) >= 11 is 0. The second-order valence-electron chi connectivity index (χ2n) is 0.602. The van der Waals surface area contributed by atoms with E-state index >= 15 is 0 Å². The van der Waals surface area contributed by atoms with Crippen molar-refractivity contribution in [2.45, 2.75) is 0 Å². The van der Waals surface area contributed by atoms with Gasteiger partial charge in [-0.15, -0.1) is 0 Å². The Morgan fingerprint density at radius 2 is 1.38 bits per heavy atom. The third kappa shape index (κ3) is 8.98. The van der Waals surface area contributed by atoms with E-state index in [1.54, 1.807) is 0 Å². The van der Waals surface area contributed by atoms with E-state index in [-0.39, 0.29) is 17.1 Å². The topological polar surface area (TPSA) is 89.5 Å². The molecular formula is C2MnO5. The van der Waals surface area contributed by atoms with Crippen molar-refractivity contribution in [2.24, 2.45) is 0 Å². The number of hydrogen-bond acceptors (Lipinski definition) is 5. The van der Waals surface area contributed by atoms with Gasteiger partial charge in [0.15, 0.2) is 0 Å². The summed E-state index contributed by atoms with van der Waals surface area (Å²) < 4.78 is 2.86. The van der Waals surface area contributed by atoms with Crippen LogP contribution in [0.15, 0.2) is 0 Å². The Balaban J connectivity index is 0. The molecule has 0 aromatic carbocycles. The molecule has 0 aromatic rings. The summed E-state index contributed by atoms with van der Waals surface area (Å²) in [6.07, 6.45) is -4.25. The summed E-state index contributed by atoms with van der Waals surface area (Å²) in [7, 11) is 0. The second kappa shape index (κ2) is 4.42. The van der Waals surface area contributed by atoms with Crippen LogP contribution in [0.25, 0.3) is 0 Å². The monoisotopic (exact) mass is 159 g/mol.